The number of benzene rings is 2. The Morgan fingerprint density at radius 3 is 2.70 bits per heavy atom. The minimum atomic E-state index is -0.466. The number of fused-ring (bicyclic) bond motifs is 3. The van der Waals surface area contributed by atoms with Crippen LogP contribution in [0.4, 0.5) is 10.1 Å². The van der Waals surface area contributed by atoms with Crippen LogP contribution in [0.3, 0.4) is 0 Å². The van der Waals surface area contributed by atoms with Gasteiger partial charge < -0.3 is 24.6 Å². The van der Waals surface area contributed by atoms with E-state index in [1.54, 1.807) is 19.1 Å². The second-order valence-electron chi connectivity index (χ2n) is 7.19. The lowest BCUT2D eigenvalue weighted by Gasteiger charge is -2.45. The van der Waals surface area contributed by atoms with E-state index in [0.717, 1.165) is 17.5 Å². The molecule has 2 heterocycles. The van der Waals surface area contributed by atoms with Crippen LogP contribution in [0, 0.1) is 5.82 Å². The van der Waals surface area contributed by atoms with Gasteiger partial charge >= 0.3 is 0 Å². The third-order valence-electron chi connectivity index (χ3n) is 5.50. The number of nitrogens with one attached hydrogen (secondary N) is 1. The topological polar surface area (TPSA) is 54.0 Å². The van der Waals surface area contributed by atoms with Crippen LogP contribution in [-0.4, -0.2) is 54.7 Å². The minimum absolute atomic E-state index is 0.0256. The average molecular weight is 450 g/mol. The van der Waals surface area contributed by atoms with Crippen molar-refractivity contribution >= 4 is 40.5 Å². The summed E-state index contributed by atoms with van der Waals surface area (Å²) >= 11 is 11.4. The zero-order valence-corrected chi connectivity index (χ0v) is 18.1. The summed E-state index contributed by atoms with van der Waals surface area (Å²) in [5.74, 6) is 0.788. The minimum Gasteiger partial charge on any atom is -0.493 e. The molecule has 2 aromatic rings. The van der Waals surface area contributed by atoms with Crippen molar-refractivity contribution in [1.29, 1.82) is 0 Å². The number of hydrogen-bond donors (Lipinski definition) is 1. The molecule has 4 rings (SSSR count). The molecule has 1 amide bonds. The number of methoxy groups -OCH3 is 2. The number of hydrogen-bond acceptors (Lipinski definition) is 4. The van der Waals surface area contributed by atoms with Gasteiger partial charge in [0.2, 0.25) is 5.91 Å². The summed E-state index contributed by atoms with van der Waals surface area (Å²) in [7, 11) is 3.19. The highest BCUT2D eigenvalue weighted by atomic mass is 35.5. The van der Waals surface area contributed by atoms with Gasteiger partial charge in [-0.05, 0) is 60.1 Å². The maximum Gasteiger partial charge on any atom is 0.242 e. The molecule has 6 nitrogen and oxygen atoms in total. The smallest absolute Gasteiger partial charge is 0.242 e. The van der Waals surface area contributed by atoms with E-state index in [0.29, 0.717) is 29.6 Å². The Kier molecular flexibility index (Phi) is 5.71. The Balaban J connectivity index is 1.61. The van der Waals surface area contributed by atoms with E-state index >= 15 is 0 Å². The molecule has 0 bridgehead atoms. The van der Waals surface area contributed by atoms with Gasteiger partial charge in [-0.2, -0.15) is 0 Å². The molecule has 0 spiro atoms. The van der Waals surface area contributed by atoms with Gasteiger partial charge in [-0.3, -0.25) is 4.79 Å². The monoisotopic (exact) mass is 449 g/mol. The summed E-state index contributed by atoms with van der Waals surface area (Å²) in [6.45, 7) is 1.25. The van der Waals surface area contributed by atoms with Crippen molar-refractivity contribution in [2.24, 2.45) is 0 Å². The van der Waals surface area contributed by atoms with Crippen molar-refractivity contribution < 1.29 is 18.7 Å². The first-order valence-corrected chi connectivity index (χ1v) is 10.2. The Labute approximate surface area is 184 Å². The summed E-state index contributed by atoms with van der Waals surface area (Å²) < 4.78 is 25.0. The van der Waals surface area contributed by atoms with Gasteiger partial charge in [0.1, 0.15) is 5.82 Å². The third-order valence-corrected chi connectivity index (χ3v) is 6.10. The molecule has 1 N–H and O–H groups in total. The normalized spacial score (nSPS) is 17.9. The van der Waals surface area contributed by atoms with Crippen LogP contribution in [0.5, 0.6) is 11.5 Å². The molecular formula is C21H21ClFN3O3S. The van der Waals surface area contributed by atoms with Gasteiger partial charge in [-0.1, -0.05) is 11.6 Å². The molecule has 1 saturated heterocycles. The molecule has 2 aromatic carbocycles. The number of carbonyl (C=O) groups is 1. The van der Waals surface area contributed by atoms with Crippen LogP contribution in [0.25, 0.3) is 0 Å². The molecule has 30 heavy (non-hydrogen) atoms. The van der Waals surface area contributed by atoms with Crippen molar-refractivity contribution in [2.45, 2.75) is 12.5 Å². The molecule has 0 unspecified atom stereocenters. The first-order chi connectivity index (χ1) is 14.4. The number of ether oxygens (including phenoxy) is 2. The number of piperazine rings is 1. The zero-order valence-electron chi connectivity index (χ0n) is 16.6. The van der Waals surface area contributed by atoms with E-state index in [2.05, 4.69) is 5.32 Å². The maximum absolute atomic E-state index is 14.1. The molecule has 1 atom stereocenters. The van der Waals surface area contributed by atoms with Crippen molar-refractivity contribution in [3.63, 3.8) is 0 Å². The van der Waals surface area contributed by atoms with Crippen LogP contribution in [-0.2, 0) is 11.2 Å². The van der Waals surface area contributed by atoms with Crippen LogP contribution < -0.4 is 14.8 Å². The highest BCUT2D eigenvalue weighted by Gasteiger charge is 2.38. The highest BCUT2D eigenvalue weighted by molar-refractivity contribution is 7.80. The summed E-state index contributed by atoms with van der Waals surface area (Å²) in [6.07, 6.45) is 0.744. The number of rotatable bonds is 3. The first-order valence-electron chi connectivity index (χ1n) is 9.46. The SMILES string of the molecule is COc1cc2c(cc1OC)[C@H]1CN(C(=S)Nc3cc(Cl)ccc3F)CC(=O)N1CC2. The molecule has 158 valence electrons. The molecule has 9 heteroatoms. The summed E-state index contributed by atoms with van der Waals surface area (Å²) in [5, 5.41) is 3.55. The van der Waals surface area contributed by atoms with Crippen LogP contribution >= 0.6 is 23.8 Å². The molecular weight excluding hydrogens is 429 g/mol. The van der Waals surface area contributed by atoms with Crippen LogP contribution in [0.2, 0.25) is 5.02 Å². The van der Waals surface area contributed by atoms with E-state index < -0.39 is 5.82 Å². The number of anilines is 1. The first kappa shape index (κ1) is 20.7. The molecule has 2 aliphatic heterocycles. The van der Waals surface area contributed by atoms with Gasteiger partial charge in [-0.15, -0.1) is 0 Å². The molecule has 0 aliphatic carbocycles. The zero-order chi connectivity index (χ0) is 21.4. The fourth-order valence-corrected chi connectivity index (χ4v) is 4.41. The van der Waals surface area contributed by atoms with Crippen molar-refractivity contribution in [3.05, 3.63) is 52.3 Å². The maximum atomic E-state index is 14.1. The predicted octanol–water partition coefficient (Wildman–Crippen LogP) is 3.63. The van der Waals surface area contributed by atoms with Crippen molar-refractivity contribution in [2.75, 3.05) is 39.2 Å². The summed E-state index contributed by atoms with van der Waals surface area (Å²) in [5.41, 5.74) is 2.30. The van der Waals surface area contributed by atoms with Gasteiger partial charge in [0.25, 0.3) is 0 Å². The Morgan fingerprint density at radius 2 is 1.97 bits per heavy atom. The second-order valence-corrected chi connectivity index (χ2v) is 8.02. The van der Waals surface area contributed by atoms with Gasteiger partial charge in [0.05, 0.1) is 32.5 Å². The van der Waals surface area contributed by atoms with Crippen LogP contribution in [0.15, 0.2) is 30.3 Å². The fourth-order valence-electron chi connectivity index (χ4n) is 3.99. The second kappa shape index (κ2) is 8.28. The number of halogens is 2. The van der Waals surface area contributed by atoms with E-state index in [4.69, 9.17) is 33.3 Å². The third kappa shape index (κ3) is 3.77. The predicted molar refractivity (Wildman–Crippen MR) is 117 cm³/mol. The summed E-state index contributed by atoms with van der Waals surface area (Å²) in [4.78, 5) is 16.5. The van der Waals surface area contributed by atoms with Crippen molar-refractivity contribution in [1.82, 2.24) is 9.80 Å². The molecule has 0 aromatic heterocycles. The van der Waals surface area contributed by atoms with Gasteiger partial charge in [-0.25, -0.2) is 4.39 Å². The molecule has 2 aliphatic rings. The number of nitrogens with zero attached hydrogens (tertiary/aromatic N) is 2. The van der Waals surface area contributed by atoms with E-state index in [1.807, 2.05) is 17.0 Å². The number of carbonyl (C=O) groups excluding carboxylic acids is 1. The Hall–Kier alpha value is -2.58. The summed E-state index contributed by atoms with van der Waals surface area (Å²) in [6, 6.07) is 7.91. The lowest BCUT2D eigenvalue weighted by atomic mass is 9.90. The lowest BCUT2D eigenvalue weighted by molar-refractivity contribution is -0.138. The van der Waals surface area contributed by atoms with E-state index in [9.17, 15) is 9.18 Å². The quantitative estimate of drug-likeness (QED) is 0.722. The highest BCUT2D eigenvalue weighted by Crippen LogP contribution is 2.39. The van der Waals surface area contributed by atoms with Gasteiger partial charge in [0.15, 0.2) is 16.6 Å². The number of amides is 1. The Morgan fingerprint density at radius 1 is 1.23 bits per heavy atom. The van der Waals surface area contributed by atoms with Gasteiger partial charge in [0, 0.05) is 18.1 Å². The average Bonchev–Trinajstić information content (AvgIpc) is 2.74. The standard InChI is InChI=1S/C21H21ClFN3O3S/c1-28-18-7-12-5-6-26-17(14(12)9-19(18)29-2)10-25(11-20(26)27)21(30)24-16-8-13(22)3-4-15(16)23/h3-4,7-9,17H,5-6,10-11H2,1-2H3,(H,24,30)/t17-/m1/s1. The largest absolute Gasteiger partial charge is 0.493 e. The molecule has 1 fully saturated rings. The molecule has 0 radical (unpaired) electrons. The molecule has 0 saturated carbocycles. The van der Waals surface area contributed by atoms with Crippen molar-refractivity contribution in [3.8, 4) is 11.5 Å². The van der Waals surface area contributed by atoms with E-state index in [1.165, 1.54) is 18.2 Å². The van der Waals surface area contributed by atoms with E-state index in [-0.39, 0.29) is 29.3 Å². The van der Waals surface area contributed by atoms with Crippen LogP contribution in [0.1, 0.15) is 17.2 Å². The fraction of sp³-hybridized carbons (Fsp3) is 0.333. The number of thiocarbonyl (C=S) groups is 1. The Bertz CT molecular complexity index is 1020. The lowest BCUT2D eigenvalue weighted by Crippen LogP contribution is -2.56.